The molecule has 2 heterocycles. The second-order valence-electron chi connectivity index (χ2n) is 5.67. The molecule has 3 atom stereocenters. The fourth-order valence-electron chi connectivity index (χ4n) is 3.24. The summed E-state index contributed by atoms with van der Waals surface area (Å²) in [5, 5.41) is 12.7. The minimum absolute atomic E-state index is 0.0177. The van der Waals surface area contributed by atoms with Crippen molar-refractivity contribution in [1.82, 2.24) is 10.2 Å². The number of nitrogens with zero attached hydrogens (tertiary/aromatic N) is 1. The Balaban J connectivity index is 1.96. The smallest absolute Gasteiger partial charge is 0.240 e. The van der Waals surface area contributed by atoms with E-state index in [1.807, 2.05) is 4.90 Å². The van der Waals surface area contributed by atoms with E-state index in [1.165, 1.54) is 6.42 Å². The van der Waals surface area contributed by atoms with Gasteiger partial charge in [-0.2, -0.15) is 0 Å². The van der Waals surface area contributed by atoms with Gasteiger partial charge in [-0.3, -0.25) is 4.79 Å². The maximum absolute atomic E-state index is 12.5. The van der Waals surface area contributed by atoms with E-state index in [2.05, 4.69) is 12.2 Å². The molecule has 2 fully saturated rings. The van der Waals surface area contributed by atoms with Crippen molar-refractivity contribution < 1.29 is 9.90 Å². The van der Waals surface area contributed by atoms with Crippen LogP contribution in [0, 0.1) is 5.92 Å². The summed E-state index contributed by atoms with van der Waals surface area (Å²) in [7, 11) is 0. The van der Waals surface area contributed by atoms with E-state index in [1.54, 1.807) is 0 Å². The highest BCUT2D eigenvalue weighted by molar-refractivity contribution is 5.82. The molecule has 1 amide bonds. The summed E-state index contributed by atoms with van der Waals surface area (Å²) < 4.78 is 0. The van der Waals surface area contributed by atoms with Gasteiger partial charge in [0.2, 0.25) is 5.91 Å². The SMILES string of the molecule is CCC1CCNC(C(=O)N2CCCCC2CO)C1. The van der Waals surface area contributed by atoms with E-state index in [0.717, 1.165) is 45.2 Å². The average molecular weight is 254 g/mol. The van der Waals surface area contributed by atoms with E-state index in [0.29, 0.717) is 5.92 Å². The molecule has 2 rings (SSSR count). The van der Waals surface area contributed by atoms with Crippen LogP contribution in [0.15, 0.2) is 0 Å². The zero-order chi connectivity index (χ0) is 13.0. The molecule has 104 valence electrons. The summed E-state index contributed by atoms with van der Waals surface area (Å²) in [6.07, 6.45) is 6.46. The van der Waals surface area contributed by atoms with Gasteiger partial charge in [0.25, 0.3) is 0 Å². The van der Waals surface area contributed by atoms with Crippen LogP contribution >= 0.6 is 0 Å². The van der Waals surface area contributed by atoms with Crippen LogP contribution in [-0.2, 0) is 4.79 Å². The first-order valence-corrected chi connectivity index (χ1v) is 7.41. The van der Waals surface area contributed by atoms with Crippen LogP contribution in [0.25, 0.3) is 0 Å². The van der Waals surface area contributed by atoms with E-state index in [9.17, 15) is 9.90 Å². The first-order valence-electron chi connectivity index (χ1n) is 7.41. The van der Waals surface area contributed by atoms with Gasteiger partial charge in [0.15, 0.2) is 0 Å². The van der Waals surface area contributed by atoms with Crippen molar-refractivity contribution in [1.29, 1.82) is 0 Å². The number of aliphatic hydroxyl groups excluding tert-OH is 1. The fourth-order valence-corrected chi connectivity index (χ4v) is 3.24. The molecule has 2 aliphatic heterocycles. The number of hydrogen-bond donors (Lipinski definition) is 2. The van der Waals surface area contributed by atoms with Crippen LogP contribution in [0.1, 0.15) is 45.4 Å². The Labute approximate surface area is 110 Å². The molecule has 0 bridgehead atoms. The minimum Gasteiger partial charge on any atom is -0.394 e. The first kappa shape index (κ1) is 13.8. The van der Waals surface area contributed by atoms with Gasteiger partial charge in [-0.15, -0.1) is 0 Å². The Bertz CT molecular complexity index is 283. The lowest BCUT2D eigenvalue weighted by Gasteiger charge is -2.39. The lowest BCUT2D eigenvalue weighted by Crippen LogP contribution is -2.55. The van der Waals surface area contributed by atoms with Crippen molar-refractivity contribution in [2.75, 3.05) is 19.7 Å². The highest BCUT2D eigenvalue weighted by Gasteiger charge is 2.33. The van der Waals surface area contributed by atoms with E-state index >= 15 is 0 Å². The predicted octanol–water partition coefficient (Wildman–Crippen LogP) is 1.14. The van der Waals surface area contributed by atoms with Gasteiger partial charge >= 0.3 is 0 Å². The van der Waals surface area contributed by atoms with Gasteiger partial charge in [-0.1, -0.05) is 13.3 Å². The fraction of sp³-hybridized carbons (Fsp3) is 0.929. The van der Waals surface area contributed by atoms with Gasteiger partial charge in [-0.05, 0) is 44.6 Å². The molecule has 3 unspecified atom stereocenters. The Hall–Kier alpha value is -0.610. The molecule has 2 N–H and O–H groups in total. The van der Waals surface area contributed by atoms with Crippen LogP contribution < -0.4 is 5.32 Å². The number of rotatable bonds is 3. The summed E-state index contributed by atoms with van der Waals surface area (Å²) in [5.41, 5.74) is 0. The zero-order valence-electron chi connectivity index (χ0n) is 11.4. The van der Waals surface area contributed by atoms with E-state index in [-0.39, 0.29) is 24.6 Å². The number of aliphatic hydroxyl groups is 1. The molecule has 4 heteroatoms. The maximum atomic E-state index is 12.5. The number of carbonyl (C=O) groups is 1. The molecule has 0 aromatic rings. The normalized spacial score (nSPS) is 33.4. The Morgan fingerprint density at radius 1 is 1.39 bits per heavy atom. The molecule has 0 aromatic carbocycles. The van der Waals surface area contributed by atoms with Crippen LogP contribution in [0.3, 0.4) is 0 Å². The van der Waals surface area contributed by atoms with Gasteiger partial charge in [0.1, 0.15) is 0 Å². The third-order valence-corrected chi connectivity index (χ3v) is 4.51. The second kappa shape index (κ2) is 6.53. The standard InChI is InChI=1S/C14H26N2O2/c1-2-11-6-7-15-13(9-11)14(18)16-8-4-3-5-12(16)10-17/h11-13,15,17H,2-10H2,1H3. The van der Waals surface area contributed by atoms with Crippen molar-refractivity contribution in [3.8, 4) is 0 Å². The molecule has 18 heavy (non-hydrogen) atoms. The number of nitrogens with one attached hydrogen (secondary N) is 1. The average Bonchev–Trinajstić information content (AvgIpc) is 2.46. The quantitative estimate of drug-likeness (QED) is 0.794. The van der Waals surface area contributed by atoms with Gasteiger partial charge in [-0.25, -0.2) is 0 Å². The molecular weight excluding hydrogens is 228 g/mol. The summed E-state index contributed by atoms with van der Waals surface area (Å²) >= 11 is 0. The largest absolute Gasteiger partial charge is 0.394 e. The Kier molecular flexibility index (Phi) is 5.01. The lowest BCUT2D eigenvalue weighted by molar-refractivity contribution is -0.139. The molecular formula is C14H26N2O2. The van der Waals surface area contributed by atoms with Crippen molar-refractivity contribution in [2.24, 2.45) is 5.92 Å². The molecule has 0 radical (unpaired) electrons. The summed E-state index contributed by atoms with van der Waals surface area (Å²) in [6.45, 7) is 4.08. The highest BCUT2D eigenvalue weighted by Crippen LogP contribution is 2.23. The highest BCUT2D eigenvalue weighted by atomic mass is 16.3. The van der Waals surface area contributed by atoms with Gasteiger partial charge in [0, 0.05) is 6.54 Å². The third-order valence-electron chi connectivity index (χ3n) is 4.51. The Morgan fingerprint density at radius 3 is 2.94 bits per heavy atom. The van der Waals surface area contributed by atoms with Crippen molar-refractivity contribution in [3.63, 3.8) is 0 Å². The first-order chi connectivity index (χ1) is 8.76. The molecule has 0 aromatic heterocycles. The molecule has 2 aliphatic rings. The number of amides is 1. The third kappa shape index (κ3) is 3.04. The lowest BCUT2D eigenvalue weighted by atomic mass is 9.89. The van der Waals surface area contributed by atoms with Crippen molar-refractivity contribution in [2.45, 2.75) is 57.5 Å². The summed E-state index contributed by atoms with van der Waals surface area (Å²) in [4.78, 5) is 14.5. The van der Waals surface area contributed by atoms with Crippen molar-refractivity contribution >= 4 is 5.91 Å². The topological polar surface area (TPSA) is 52.6 Å². The number of carbonyl (C=O) groups excluding carboxylic acids is 1. The minimum atomic E-state index is -0.0177. The molecule has 2 saturated heterocycles. The molecule has 0 saturated carbocycles. The predicted molar refractivity (Wildman–Crippen MR) is 71.2 cm³/mol. The van der Waals surface area contributed by atoms with Gasteiger partial charge < -0.3 is 15.3 Å². The van der Waals surface area contributed by atoms with Gasteiger partial charge in [0.05, 0.1) is 18.7 Å². The monoisotopic (exact) mass is 254 g/mol. The van der Waals surface area contributed by atoms with Crippen LogP contribution in [0.2, 0.25) is 0 Å². The number of hydrogen-bond acceptors (Lipinski definition) is 3. The molecule has 4 nitrogen and oxygen atoms in total. The van der Waals surface area contributed by atoms with Crippen LogP contribution in [0.4, 0.5) is 0 Å². The van der Waals surface area contributed by atoms with E-state index < -0.39 is 0 Å². The Morgan fingerprint density at radius 2 is 2.22 bits per heavy atom. The number of piperidine rings is 2. The zero-order valence-corrected chi connectivity index (χ0v) is 11.4. The summed E-state index contributed by atoms with van der Waals surface area (Å²) in [6, 6.07) is 0.0332. The molecule has 0 spiro atoms. The van der Waals surface area contributed by atoms with E-state index in [4.69, 9.17) is 0 Å². The van der Waals surface area contributed by atoms with Crippen LogP contribution in [0.5, 0.6) is 0 Å². The van der Waals surface area contributed by atoms with Crippen molar-refractivity contribution in [3.05, 3.63) is 0 Å². The molecule has 0 aliphatic carbocycles. The second-order valence-corrected chi connectivity index (χ2v) is 5.67. The number of likely N-dealkylation sites (tertiary alicyclic amines) is 1. The maximum Gasteiger partial charge on any atom is 0.240 e. The van der Waals surface area contributed by atoms with Crippen LogP contribution in [-0.4, -0.2) is 47.7 Å². The summed E-state index contributed by atoms with van der Waals surface area (Å²) in [5.74, 6) is 0.893.